The molecule has 0 radical (unpaired) electrons. The van der Waals surface area contributed by atoms with E-state index in [1.54, 1.807) is 0 Å². The van der Waals surface area contributed by atoms with Crippen molar-refractivity contribution < 1.29 is 4.74 Å². The van der Waals surface area contributed by atoms with Crippen LogP contribution < -0.4 is 10.6 Å². The Morgan fingerprint density at radius 3 is 3.00 bits per heavy atom. The third-order valence-corrected chi connectivity index (χ3v) is 5.32. The first-order chi connectivity index (χ1) is 9.22. The number of thioether (sulfide) groups is 1. The van der Waals surface area contributed by atoms with Crippen molar-refractivity contribution in [1.82, 2.24) is 10.6 Å². The Labute approximate surface area is 121 Å². The van der Waals surface area contributed by atoms with Crippen LogP contribution in [0, 0.1) is 5.92 Å². The molecule has 2 unspecified atom stereocenters. The van der Waals surface area contributed by atoms with E-state index in [4.69, 9.17) is 9.73 Å². The highest BCUT2D eigenvalue weighted by Gasteiger charge is 2.29. The SMILES string of the molecule is CCNC(=NCC1(C)CCCS1)NCC1CCOC1. The van der Waals surface area contributed by atoms with E-state index in [0.29, 0.717) is 10.7 Å². The molecular formula is C14H27N3OS. The van der Waals surface area contributed by atoms with Crippen LogP contribution in [0.5, 0.6) is 0 Å². The Hall–Kier alpha value is -0.420. The summed E-state index contributed by atoms with van der Waals surface area (Å²) in [4.78, 5) is 4.76. The van der Waals surface area contributed by atoms with Crippen LogP contribution >= 0.6 is 11.8 Å². The maximum atomic E-state index is 5.40. The lowest BCUT2D eigenvalue weighted by Gasteiger charge is -2.21. The van der Waals surface area contributed by atoms with Gasteiger partial charge in [0.05, 0.1) is 13.2 Å². The topological polar surface area (TPSA) is 45.7 Å². The van der Waals surface area contributed by atoms with Crippen molar-refractivity contribution in [2.45, 2.75) is 37.9 Å². The van der Waals surface area contributed by atoms with Gasteiger partial charge in [0, 0.05) is 30.4 Å². The fourth-order valence-corrected chi connectivity index (χ4v) is 3.76. The van der Waals surface area contributed by atoms with Gasteiger partial charge in [-0.25, -0.2) is 0 Å². The number of hydrogen-bond acceptors (Lipinski definition) is 3. The minimum atomic E-state index is 0.346. The van der Waals surface area contributed by atoms with Gasteiger partial charge in [0.2, 0.25) is 0 Å². The van der Waals surface area contributed by atoms with Crippen LogP contribution in [-0.4, -0.2) is 49.3 Å². The van der Waals surface area contributed by atoms with E-state index in [-0.39, 0.29) is 0 Å². The van der Waals surface area contributed by atoms with Crippen molar-refractivity contribution in [2.24, 2.45) is 10.9 Å². The minimum Gasteiger partial charge on any atom is -0.381 e. The van der Waals surface area contributed by atoms with Crippen molar-refractivity contribution in [3.8, 4) is 0 Å². The number of guanidine groups is 1. The Balaban J connectivity index is 1.79. The molecule has 0 saturated carbocycles. The molecular weight excluding hydrogens is 258 g/mol. The standard InChI is InChI=1S/C14H27N3OS/c1-3-15-13(16-9-12-5-7-18-10-12)17-11-14(2)6-4-8-19-14/h12H,3-11H2,1-2H3,(H2,15,16,17). The molecule has 0 aromatic heterocycles. The summed E-state index contributed by atoms with van der Waals surface area (Å²) in [5.74, 6) is 2.89. The highest BCUT2D eigenvalue weighted by atomic mass is 32.2. The van der Waals surface area contributed by atoms with Gasteiger partial charge in [-0.15, -0.1) is 0 Å². The monoisotopic (exact) mass is 285 g/mol. The van der Waals surface area contributed by atoms with Gasteiger partial charge < -0.3 is 15.4 Å². The largest absolute Gasteiger partial charge is 0.381 e. The quantitative estimate of drug-likeness (QED) is 0.598. The summed E-state index contributed by atoms with van der Waals surface area (Å²) in [5, 5.41) is 6.79. The number of rotatable bonds is 5. The maximum Gasteiger partial charge on any atom is 0.191 e. The zero-order valence-corrected chi connectivity index (χ0v) is 13.0. The summed E-state index contributed by atoms with van der Waals surface area (Å²) >= 11 is 2.07. The summed E-state index contributed by atoms with van der Waals surface area (Å²) in [5.41, 5.74) is 0. The maximum absolute atomic E-state index is 5.40. The van der Waals surface area contributed by atoms with Crippen molar-refractivity contribution >= 4 is 17.7 Å². The lowest BCUT2D eigenvalue weighted by atomic mass is 10.1. The lowest BCUT2D eigenvalue weighted by Crippen LogP contribution is -2.40. The second-order valence-corrected chi connectivity index (χ2v) is 7.39. The number of ether oxygens (including phenoxy) is 1. The third-order valence-electron chi connectivity index (χ3n) is 3.80. The van der Waals surface area contributed by atoms with Gasteiger partial charge in [-0.2, -0.15) is 11.8 Å². The minimum absolute atomic E-state index is 0.346. The Morgan fingerprint density at radius 2 is 2.37 bits per heavy atom. The average molecular weight is 285 g/mol. The Bertz CT molecular complexity index is 297. The Morgan fingerprint density at radius 1 is 1.47 bits per heavy atom. The van der Waals surface area contributed by atoms with E-state index in [1.165, 1.54) is 25.0 Å². The molecule has 2 rings (SSSR count). The molecule has 2 N–H and O–H groups in total. The number of nitrogens with zero attached hydrogens (tertiary/aromatic N) is 1. The van der Waals surface area contributed by atoms with Gasteiger partial charge in [0.15, 0.2) is 5.96 Å². The fourth-order valence-electron chi connectivity index (χ4n) is 2.53. The first kappa shape index (κ1) is 15.0. The molecule has 2 saturated heterocycles. The Kier molecular flexibility index (Phi) is 5.82. The predicted octanol–water partition coefficient (Wildman–Crippen LogP) is 1.86. The number of hydrogen-bond donors (Lipinski definition) is 2. The zero-order valence-electron chi connectivity index (χ0n) is 12.2. The molecule has 0 amide bonds. The molecule has 0 aromatic rings. The molecule has 2 fully saturated rings. The summed E-state index contributed by atoms with van der Waals surface area (Å²) < 4.78 is 5.75. The molecule has 0 aliphatic carbocycles. The summed E-state index contributed by atoms with van der Waals surface area (Å²) in [6.07, 6.45) is 3.79. The molecule has 19 heavy (non-hydrogen) atoms. The van der Waals surface area contributed by atoms with Crippen LogP contribution in [0.3, 0.4) is 0 Å². The molecule has 2 atom stereocenters. The summed E-state index contributed by atoms with van der Waals surface area (Å²) in [6, 6.07) is 0. The second kappa shape index (κ2) is 7.39. The molecule has 2 heterocycles. The third kappa shape index (κ3) is 4.88. The molecule has 5 heteroatoms. The van der Waals surface area contributed by atoms with Crippen LogP contribution in [0.15, 0.2) is 4.99 Å². The first-order valence-electron chi connectivity index (χ1n) is 7.46. The molecule has 0 aromatic carbocycles. The van der Waals surface area contributed by atoms with E-state index in [1.807, 2.05) is 0 Å². The van der Waals surface area contributed by atoms with Gasteiger partial charge >= 0.3 is 0 Å². The van der Waals surface area contributed by atoms with Crippen molar-refractivity contribution in [3.63, 3.8) is 0 Å². The van der Waals surface area contributed by atoms with Crippen molar-refractivity contribution in [2.75, 3.05) is 38.6 Å². The lowest BCUT2D eigenvalue weighted by molar-refractivity contribution is 0.186. The molecule has 2 aliphatic rings. The van der Waals surface area contributed by atoms with Gasteiger partial charge in [-0.1, -0.05) is 0 Å². The molecule has 110 valence electrons. The highest BCUT2D eigenvalue weighted by molar-refractivity contribution is 8.00. The van der Waals surface area contributed by atoms with Gasteiger partial charge in [-0.05, 0) is 38.9 Å². The predicted molar refractivity (Wildman–Crippen MR) is 83.0 cm³/mol. The van der Waals surface area contributed by atoms with Crippen LogP contribution in [0.25, 0.3) is 0 Å². The van der Waals surface area contributed by atoms with Crippen LogP contribution in [0.4, 0.5) is 0 Å². The van der Waals surface area contributed by atoms with Crippen molar-refractivity contribution in [1.29, 1.82) is 0 Å². The number of aliphatic imine (C=N–C) groups is 1. The van der Waals surface area contributed by atoms with Crippen LogP contribution in [0.1, 0.15) is 33.1 Å². The molecule has 2 aliphatic heterocycles. The molecule has 4 nitrogen and oxygen atoms in total. The van der Waals surface area contributed by atoms with Crippen molar-refractivity contribution in [3.05, 3.63) is 0 Å². The smallest absolute Gasteiger partial charge is 0.191 e. The van der Waals surface area contributed by atoms with Gasteiger partial charge in [0.1, 0.15) is 0 Å². The van der Waals surface area contributed by atoms with E-state index >= 15 is 0 Å². The summed E-state index contributed by atoms with van der Waals surface area (Å²) in [6.45, 7) is 9.04. The van der Waals surface area contributed by atoms with E-state index < -0.39 is 0 Å². The second-order valence-electron chi connectivity index (χ2n) is 5.71. The average Bonchev–Trinajstić information content (AvgIpc) is 3.05. The highest BCUT2D eigenvalue weighted by Crippen LogP contribution is 2.37. The van der Waals surface area contributed by atoms with Gasteiger partial charge in [0.25, 0.3) is 0 Å². The fraction of sp³-hybridized carbons (Fsp3) is 0.929. The first-order valence-corrected chi connectivity index (χ1v) is 8.44. The van der Waals surface area contributed by atoms with E-state index in [2.05, 4.69) is 36.2 Å². The molecule has 0 bridgehead atoms. The normalized spacial score (nSPS) is 31.7. The van der Waals surface area contributed by atoms with E-state index in [9.17, 15) is 0 Å². The summed E-state index contributed by atoms with van der Waals surface area (Å²) in [7, 11) is 0. The van der Waals surface area contributed by atoms with Gasteiger partial charge in [-0.3, -0.25) is 4.99 Å². The zero-order chi connectivity index (χ0) is 13.6. The molecule has 0 spiro atoms. The van der Waals surface area contributed by atoms with Crippen LogP contribution in [0.2, 0.25) is 0 Å². The van der Waals surface area contributed by atoms with E-state index in [0.717, 1.165) is 38.8 Å². The number of nitrogens with one attached hydrogen (secondary N) is 2. The van der Waals surface area contributed by atoms with Crippen LogP contribution in [-0.2, 0) is 4.74 Å².